The summed E-state index contributed by atoms with van der Waals surface area (Å²) in [7, 11) is 1.64. The van der Waals surface area contributed by atoms with Crippen molar-refractivity contribution in [2.24, 2.45) is 0 Å². The van der Waals surface area contributed by atoms with Crippen molar-refractivity contribution in [2.45, 2.75) is 6.42 Å². The van der Waals surface area contributed by atoms with Crippen LogP contribution in [0.5, 0.6) is 11.5 Å². The Balaban J connectivity index is 1.40. The maximum absolute atomic E-state index is 11.9. The summed E-state index contributed by atoms with van der Waals surface area (Å²) in [6, 6.07) is 41.9. The number of allylic oxidation sites excluding steroid dienone is 1. The number of ether oxygens (including phenoxy) is 2. The van der Waals surface area contributed by atoms with Gasteiger partial charge >= 0.3 is 0 Å². The van der Waals surface area contributed by atoms with Gasteiger partial charge in [-0.05, 0) is 81.1 Å². The van der Waals surface area contributed by atoms with E-state index >= 15 is 0 Å². The SMILES string of the molecule is COc1ccc(C(=C(c2ccccc2)c2ccc(C(=C(C#N)C#N)c3cccs3)cc2)c2ccc(OCCCN3C(=O)C=CC3=O)cc2)cc1. The Labute approximate surface area is 294 Å². The smallest absolute Gasteiger partial charge is 0.253 e. The molecule has 7 nitrogen and oxygen atoms in total. The van der Waals surface area contributed by atoms with Gasteiger partial charge in [0.15, 0.2) is 0 Å². The van der Waals surface area contributed by atoms with Crippen molar-refractivity contribution in [1.29, 1.82) is 10.5 Å². The summed E-state index contributed by atoms with van der Waals surface area (Å²) < 4.78 is 11.5. The lowest BCUT2D eigenvalue weighted by atomic mass is 9.85. The molecular weight excluding hydrogens is 643 g/mol. The van der Waals surface area contributed by atoms with Gasteiger partial charge in [0.05, 0.1) is 13.7 Å². The van der Waals surface area contributed by atoms with Crippen LogP contribution in [0.1, 0.15) is 39.1 Å². The number of nitriles is 2. The molecule has 0 atom stereocenters. The van der Waals surface area contributed by atoms with Crippen LogP contribution in [0.15, 0.2) is 138 Å². The number of nitrogens with zero attached hydrogens (tertiary/aromatic N) is 3. The molecule has 50 heavy (non-hydrogen) atoms. The largest absolute Gasteiger partial charge is 0.497 e. The molecule has 0 N–H and O–H groups in total. The van der Waals surface area contributed by atoms with E-state index in [0.29, 0.717) is 30.9 Å². The van der Waals surface area contributed by atoms with Gasteiger partial charge in [0, 0.05) is 29.1 Å². The number of carbonyl (C=O) groups is 2. The number of benzene rings is 4. The van der Waals surface area contributed by atoms with E-state index in [1.165, 1.54) is 28.4 Å². The Bertz CT molecular complexity index is 2140. The Morgan fingerprint density at radius 3 is 1.64 bits per heavy atom. The predicted molar refractivity (Wildman–Crippen MR) is 195 cm³/mol. The zero-order valence-electron chi connectivity index (χ0n) is 27.2. The normalized spacial score (nSPS) is 12.6. The first kappa shape index (κ1) is 33.4. The van der Waals surface area contributed by atoms with E-state index in [1.54, 1.807) is 7.11 Å². The summed E-state index contributed by atoms with van der Waals surface area (Å²) in [5.74, 6) is 0.822. The first-order chi connectivity index (χ1) is 24.5. The van der Waals surface area contributed by atoms with E-state index < -0.39 is 0 Å². The number of hydrogen-bond acceptors (Lipinski definition) is 7. The van der Waals surface area contributed by atoms with Crippen molar-refractivity contribution in [1.82, 2.24) is 4.90 Å². The van der Waals surface area contributed by atoms with Crippen molar-refractivity contribution in [3.05, 3.63) is 171 Å². The Morgan fingerprint density at radius 2 is 1.14 bits per heavy atom. The predicted octanol–water partition coefficient (Wildman–Crippen LogP) is 8.31. The molecule has 0 bridgehead atoms. The van der Waals surface area contributed by atoms with Crippen molar-refractivity contribution >= 4 is 39.9 Å². The van der Waals surface area contributed by atoms with Gasteiger partial charge in [-0.3, -0.25) is 14.5 Å². The Kier molecular flexibility index (Phi) is 10.4. The molecule has 0 saturated carbocycles. The topological polar surface area (TPSA) is 103 Å². The third-order valence-corrected chi connectivity index (χ3v) is 9.12. The second-order valence-corrected chi connectivity index (χ2v) is 12.2. The highest BCUT2D eigenvalue weighted by Gasteiger charge is 2.22. The lowest BCUT2D eigenvalue weighted by molar-refractivity contribution is -0.136. The molecule has 2 heterocycles. The quantitative estimate of drug-likeness (QED) is 0.0571. The molecule has 4 aromatic carbocycles. The molecule has 2 amide bonds. The molecule has 0 saturated heterocycles. The molecular formula is C42H31N3O4S. The van der Waals surface area contributed by atoms with Crippen LogP contribution in [0.4, 0.5) is 0 Å². The van der Waals surface area contributed by atoms with Crippen LogP contribution in [0.25, 0.3) is 16.7 Å². The second-order valence-electron chi connectivity index (χ2n) is 11.3. The summed E-state index contributed by atoms with van der Waals surface area (Å²) in [4.78, 5) is 25.8. The first-order valence-corrected chi connectivity index (χ1v) is 16.8. The second kappa shape index (κ2) is 15.6. The average Bonchev–Trinajstić information content (AvgIpc) is 3.81. The Morgan fingerprint density at radius 1 is 0.640 bits per heavy atom. The zero-order valence-corrected chi connectivity index (χ0v) is 28.0. The minimum atomic E-state index is -0.297. The molecule has 6 rings (SSSR count). The fraction of sp³-hybridized carbons (Fsp3) is 0.0952. The van der Waals surface area contributed by atoms with Gasteiger partial charge in [-0.25, -0.2) is 0 Å². The van der Waals surface area contributed by atoms with E-state index in [-0.39, 0.29) is 17.4 Å². The summed E-state index contributed by atoms with van der Waals surface area (Å²) in [5, 5.41) is 21.5. The number of amides is 2. The number of methoxy groups -OCH3 is 1. The molecule has 5 aromatic rings. The van der Waals surface area contributed by atoms with Gasteiger partial charge in [-0.2, -0.15) is 10.5 Å². The summed E-state index contributed by atoms with van der Waals surface area (Å²) >= 11 is 1.49. The van der Waals surface area contributed by atoms with Gasteiger partial charge in [-0.15, -0.1) is 11.3 Å². The molecule has 1 aromatic heterocycles. The molecule has 244 valence electrons. The fourth-order valence-corrected chi connectivity index (χ4v) is 6.62. The van der Waals surface area contributed by atoms with Gasteiger partial charge < -0.3 is 9.47 Å². The number of thiophene rings is 1. The molecule has 0 aliphatic carbocycles. The summed E-state index contributed by atoms with van der Waals surface area (Å²) in [5.41, 5.74) is 7.34. The third-order valence-electron chi connectivity index (χ3n) is 8.23. The number of imide groups is 1. The van der Waals surface area contributed by atoms with Crippen molar-refractivity contribution in [3.8, 4) is 23.6 Å². The highest BCUT2D eigenvalue weighted by Crippen LogP contribution is 2.39. The average molecular weight is 674 g/mol. The monoisotopic (exact) mass is 673 g/mol. The van der Waals surface area contributed by atoms with Gasteiger partial charge in [-0.1, -0.05) is 84.9 Å². The standard InChI is InChI=1S/C42H31N3O4S/c1-48-35-18-14-32(15-19-35)42(33-16-20-36(21-17-33)49-25-6-24-45-38(46)22-23-39(45)47)41(29-7-3-2-4-8-29)31-12-10-30(11-13-31)40(34(27-43)28-44)37-9-5-26-50-37/h2-5,7-23,26H,6,24-25H2,1H3. The minimum absolute atomic E-state index is 0.0651. The maximum Gasteiger partial charge on any atom is 0.253 e. The van der Waals surface area contributed by atoms with Crippen LogP contribution in [-0.4, -0.2) is 37.0 Å². The maximum atomic E-state index is 11.9. The fourth-order valence-electron chi connectivity index (χ4n) is 5.83. The molecule has 0 unspecified atom stereocenters. The Hall–Kier alpha value is -6.48. The molecule has 0 spiro atoms. The molecule has 1 aliphatic rings. The summed E-state index contributed by atoms with van der Waals surface area (Å²) in [6.45, 7) is 0.645. The van der Waals surface area contributed by atoms with E-state index in [1.807, 2.05) is 109 Å². The van der Waals surface area contributed by atoms with Crippen LogP contribution in [0.2, 0.25) is 0 Å². The zero-order chi connectivity index (χ0) is 34.9. The highest BCUT2D eigenvalue weighted by atomic mass is 32.1. The van der Waals surface area contributed by atoms with E-state index in [4.69, 9.17) is 9.47 Å². The van der Waals surface area contributed by atoms with E-state index in [0.717, 1.165) is 49.6 Å². The van der Waals surface area contributed by atoms with Gasteiger partial charge in [0.2, 0.25) is 0 Å². The molecule has 0 radical (unpaired) electrons. The first-order valence-electron chi connectivity index (χ1n) is 15.9. The van der Waals surface area contributed by atoms with Crippen LogP contribution < -0.4 is 9.47 Å². The van der Waals surface area contributed by atoms with Crippen LogP contribution >= 0.6 is 11.3 Å². The number of rotatable bonds is 12. The van der Waals surface area contributed by atoms with Crippen LogP contribution in [0.3, 0.4) is 0 Å². The van der Waals surface area contributed by atoms with Crippen molar-refractivity contribution < 1.29 is 19.1 Å². The van der Waals surface area contributed by atoms with E-state index in [2.05, 4.69) is 24.3 Å². The number of carbonyl (C=O) groups excluding carboxylic acids is 2. The third kappa shape index (κ3) is 7.32. The van der Waals surface area contributed by atoms with Crippen molar-refractivity contribution in [2.75, 3.05) is 20.3 Å². The van der Waals surface area contributed by atoms with E-state index in [9.17, 15) is 20.1 Å². The summed E-state index contributed by atoms with van der Waals surface area (Å²) in [6.07, 6.45) is 3.08. The van der Waals surface area contributed by atoms with Gasteiger partial charge in [0.1, 0.15) is 29.2 Å². The van der Waals surface area contributed by atoms with Crippen LogP contribution in [0, 0.1) is 22.7 Å². The molecule has 1 aliphatic heterocycles. The van der Waals surface area contributed by atoms with Gasteiger partial charge in [0.25, 0.3) is 11.8 Å². The minimum Gasteiger partial charge on any atom is -0.497 e. The highest BCUT2D eigenvalue weighted by molar-refractivity contribution is 7.11. The van der Waals surface area contributed by atoms with Crippen molar-refractivity contribution in [3.63, 3.8) is 0 Å². The molecule has 8 heteroatoms. The lowest BCUT2D eigenvalue weighted by Gasteiger charge is -2.19. The number of hydrogen-bond donors (Lipinski definition) is 0. The molecule has 0 fully saturated rings. The lowest BCUT2D eigenvalue weighted by Crippen LogP contribution is -2.31. The van der Waals surface area contributed by atoms with Crippen LogP contribution in [-0.2, 0) is 9.59 Å².